The van der Waals surface area contributed by atoms with E-state index >= 15 is 0 Å². The fraction of sp³-hybridized carbons (Fsp3) is 0.571. The Kier molecular flexibility index (Phi) is 2.81. The molecule has 0 spiro atoms. The van der Waals surface area contributed by atoms with Gasteiger partial charge in [0.25, 0.3) is 0 Å². The first-order valence-electron chi connectivity index (χ1n) is 6.40. The van der Waals surface area contributed by atoms with E-state index in [1.165, 1.54) is 0 Å². The summed E-state index contributed by atoms with van der Waals surface area (Å²) in [7, 11) is 0. The molecule has 1 saturated heterocycles. The highest BCUT2D eigenvalue weighted by molar-refractivity contribution is 5.44. The van der Waals surface area contributed by atoms with Crippen LogP contribution < -0.4 is 5.32 Å². The first-order valence-corrected chi connectivity index (χ1v) is 6.40. The van der Waals surface area contributed by atoms with E-state index in [1.54, 1.807) is 0 Å². The molecule has 2 N–H and O–H groups in total. The normalized spacial score (nSPS) is 37.5. The van der Waals surface area contributed by atoms with Gasteiger partial charge in [-0.15, -0.1) is 0 Å². The Labute approximate surface area is 107 Å². The van der Waals surface area contributed by atoms with Crippen LogP contribution in [0.5, 0.6) is 0 Å². The highest BCUT2D eigenvalue weighted by Gasteiger charge is 2.53. The lowest BCUT2D eigenvalue weighted by molar-refractivity contribution is -0.162. The minimum Gasteiger partial charge on any atom is -0.390 e. The zero-order valence-corrected chi connectivity index (χ0v) is 10.7. The predicted molar refractivity (Wildman–Crippen MR) is 68.3 cm³/mol. The van der Waals surface area contributed by atoms with E-state index in [-0.39, 0.29) is 18.2 Å². The second-order valence-electron chi connectivity index (χ2n) is 5.48. The monoisotopic (exact) mass is 249 g/mol. The lowest BCUT2D eigenvalue weighted by Gasteiger charge is -2.23. The Morgan fingerprint density at radius 3 is 2.56 bits per heavy atom. The van der Waals surface area contributed by atoms with Crippen LogP contribution in [0.25, 0.3) is 0 Å². The summed E-state index contributed by atoms with van der Waals surface area (Å²) in [6.07, 6.45) is -0.116. The molecule has 4 heteroatoms. The van der Waals surface area contributed by atoms with Gasteiger partial charge in [0, 0.05) is 5.69 Å². The molecule has 18 heavy (non-hydrogen) atoms. The molecule has 3 rings (SSSR count). The molecule has 1 aromatic rings. The molecule has 1 aliphatic heterocycles. The highest BCUT2D eigenvalue weighted by atomic mass is 16.8. The molecule has 0 amide bonds. The van der Waals surface area contributed by atoms with Crippen LogP contribution in [-0.4, -0.2) is 35.2 Å². The summed E-state index contributed by atoms with van der Waals surface area (Å²) in [6.45, 7) is 3.77. The van der Waals surface area contributed by atoms with E-state index in [0.29, 0.717) is 6.42 Å². The summed E-state index contributed by atoms with van der Waals surface area (Å²) >= 11 is 0. The van der Waals surface area contributed by atoms with E-state index in [0.717, 1.165) is 5.69 Å². The van der Waals surface area contributed by atoms with Gasteiger partial charge in [-0.1, -0.05) is 18.2 Å². The molecule has 4 nitrogen and oxygen atoms in total. The molecular formula is C14H19NO3. The average Bonchev–Trinajstić information content (AvgIpc) is 2.77. The molecule has 1 aliphatic carbocycles. The molecule has 98 valence electrons. The third-order valence-electron chi connectivity index (χ3n) is 3.56. The van der Waals surface area contributed by atoms with Crippen molar-refractivity contribution >= 4 is 5.69 Å². The summed E-state index contributed by atoms with van der Waals surface area (Å²) in [5.74, 6) is -0.604. The second kappa shape index (κ2) is 4.23. The summed E-state index contributed by atoms with van der Waals surface area (Å²) < 4.78 is 11.6. The van der Waals surface area contributed by atoms with Crippen LogP contribution in [0.1, 0.15) is 20.3 Å². The summed E-state index contributed by atoms with van der Waals surface area (Å²) in [6, 6.07) is 10.1. The molecular weight excluding hydrogens is 230 g/mol. The fourth-order valence-corrected chi connectivity index (χ4v) is 2.84. The van der Waals surface area contributed by atoms with Gasteiger partial charge in [0.1, 0.15) is 12.2 Å². The molecule has 0 unspecified atom stereocenters. The number of fused-ring (bicyclic) bond motifs is 1. The Balaban J connectivity index is 1.74. The van der Waals surface area contributed by atoms with E-state index in [2.05, 4.69) is 5.32 Å². The number of aliphatic hydroxyl groups excluding tert-OH is 1. The number of hydrogen-bond donors (Lipinski definition) is 2. The lowest BCUT2D eigenvalue weighted by atomic mass is 10.2. The Bertz CT molecular complexity index is 420. The third-order valence-corrected chi connectivity index (χ3v) is 3.56. The van der Waals surface area contributed by atoms with Gasteiger partial charge >= 0.3 is 0 Å². The van der Waals surface area contributed by atoms with Crippen molar-refractivity contribution in [2.45, 2.75) is 50.4 Å². The highest BCUT2D eigenvalue weighted by Crippen LogP contribution is 2.39. The number of anilines is 1. The van der Waals surface area contributed by atoms with Crippen molar-refractivity contribution in [3.8, 4) is 0 Å². The minimum absolute atomic E-state index is 0.0878. The van der Waals surface area contributed by atoms with Gasteiger partial charge in [0.05, 0.1) is 12.1 Å². The molecule has 1 aromatic carbocycles. The number of nitrogens with one attached hydrogen (secondary N) is 1. The molecule has 2 aliphatic rings. The molecule has 4 atom stereocenters. The van der Waals surface area contributed by atoms with Gasteiger partial charge in [-0.3, -0.25) is 0 Å². The lowest BCUT2D eigenvalue weighted by Crippen LogP contribution is -2.34. The van der Waals surface area contributed by atoms with Crippen LogP contribution in [0.4, 0.5) is 5.69 Å². The molecule has 1 heterocycles. The van der Waals surface area contributed by atoms with Crippen LogP contribution in [0.2, 0.25) is 0 Å². The third kappa shape index (κ3) is 2.11. The van der Waals surface area contributed by atoms with Gasteiger partial charge in [0.15, 0.2) is 5.79 Å². The maximum Gasteiger partial charge on any atom is 0.163 e. The average molecular weight is 249 g/mol. The quantitative estimate of drug-likeness (QED) is 0.838. The van der Waals surface area contributed by atoms with Crippen molar-refractivity contribution in [1.82, 2.24) is 0 Å². The van der Waals surface area contributed by atoms with E-state index in [9.17, 15) is 5.11 Å². The molecule has 2 fully saturated rings. The standard InChI is InChI=1S/C14H19NO3/c1-14(2)17-12-10(8-11(16)13(12)18-14)15-9-6-4-3-5-7-9/h3-7,10-13,15-16H,8H2,1-2H3/t10-,11+,12+,13-/m1/s1. The van der Waals surface area contributed by atoms with Crippen LogP contribution in [0.3, 0.4) is 0 Å². The first-order chi connectivity index (χ1) is 8.55. The van der Waals surface area contributed by atoms with Gasteiger partial charge in [-0.05, 0) is 32.4 Å². The number of para-hydroxylation sites is 1. The SMILES string of the molecule is CC1(C)O[C@@H]2[C@H](O1)[C@@H](O)C[C@H]2Nc1ccccc1. The molecule has 0 bridgehead atoms. The molecule has 0 radical (unpaired) electrons. The minimum atomic E-state index is -0.604. The van der Waals surface area contributed by atoms with Crippen molar-refractivity contribution in [2.75, 3.05) is 5.32 Å². The summed E-state index contributed by atoms with van der Waals surface area (Å²) in [5.41, 5.74) is 1.05. The number of aliphatic hydroxyl groups is 1. The van der Waals surface area contributed by atoms with Crippen molar-refractivity contribution < 1.29 is 14.6 Å². The van der Waals surface area contributed by atoms with E-state index < -0.39 is 11.9 Å². The summed E-state index contributed by atoms with van der Waals surface area (Å²) in [5, 5.41) is 13.5. The Morgan fingerprint density at radius 2 is 1.83 bits per heavy atom. The summed E-state index contributed by atoms with van der Waals surface area (Å²) in [4.78, 5) is 0. The Hall–Kier alpha value is -1.10. The van der Waals surface area contributed by atoms with Gasteiger partial charge < -0.3 is 19.9 Å². The second-order valence-corrected chi connectivity index (χ2v) is 5.48. The first kappa shape index (κ1) is 12.0. The van der Waals surface area contributed by atoms with Crippen LogP contribution >= 0.6 is 0 Å². The maximum absolute atomic E-state index is 10.0. The smallest absolute Gasteiger partial charge is 0.163 e. The molecule has 1 saturated carbocycles. The Morgan fingerprint density at radius 1 is 1.17 bits per heavy atom. The fourth-order valence-electron chi connectivity index (χ4n) is 2.84. The van der Waals surface area contributed by atoms with E-state index in [4.69, 9.17) is 9.47 Å². The van der Waals surface area contributed by atoms with Crippen molar-refractivity contribution in [2.24, 2.45) is 0 Å². The number of benzene rings is 1. The maximum atomic E-state index is 10.0. The van der Waals surface area contributed by atoms with Gasteiger partial charge in [0.2, 0.25) is 0 Å². The van der Waals surface area contributed by atoms with Gasteiger partial charge in [-0.25, -0.2) is 0 Å². The number of rotatable bonds is 2. The van der Waals surface area contributed by atoms with Crippen molar-refractivity contribution in [1.29, 1.82) is 0 Å². The van der Waals surface area contributed by atoms with Crippen LogP contribution in [-0.2, 0) is 9.47 Å². The largest absolute Gasteiger partial charge is 0.390 e. The topological polar surface area (TPSA) is 50.7 Å². The van der Waals surface area contributed by atoms with Crippen LogP contribution in [0, 0.1) is 0 Å². The predicted octanol–water partition coefficient (Wildman–Crippen LogP) is 1.75. The zero-order chi connectivity index (χ0) is 12.8. The van der Waals surface area contributed by atoms with Gasteiger partial charge in [-0.2, -0.15) is 0 Å². The zero-order valence-electron chi connectivity index (χ0n) is 10.7. The van der Waals surface area contributed by atoms with Crippen molar-refractivity contribution in [3.63, 3.8) is 0 Å². The molecule has 0 aromatic heterocycles. The van der Waals surface area contributed by atoms with E-state index in [1.807, 2.05) is 44.2 Å². The number of ether oxygens (including phenoxy) is 2. The number of hydrogen-bond acceptors (Lipinski definition) is 4. The van der Waals surface area contributed by atoms with Crippen molar-refractivity contribution in [3.05, 3.63) is 30.3 Å². The van der Waals surface area contributed by atoms with Crippen LogP contribution in [0.15, 0.2) is 30.3 Å².